The van der Waals surface area contributed by atoms with Gasteiger partial charge in [-0.25, -0.2) is 0 Å². The van der Waals surface area contributed by atoms with Crippen LogP contribution in [0.15, 0.2) is 0 Å². The smallest absolute Gasteiger partial charge is 0.246 e. The summed E-state index contributed by atoms with van der Waals surface area (Å²) in [6, 6.07) is 0. The minimum absolute atomic E-state index is 0.0646. The van der Waals surface area contributed by atoms with E-state index in [-0.39, 0.29) is 19.1 Å². The van der Waals surface area contributed by atoms with E-state index in [1.54, 1.807) is 18.7 Å². The van der Waals surface area contributed by atoms with E-state index in [1.165, 1.54) is 0 Å². The van der Waals surface area contributed by atoms with Gasteiger partial charge in [0, 0.05) is 13.2 Å². The molecule has 0 bridgehead atoms. The quantitative estimate of drug-likeness (QED) is 0.648. The third-order valence-corrected chi connectivity index (χ3v) is 2.56. The van der Waals surface area contributed by atoms with Gasteiger partial charge in [-0.2, -0.15) is 11.8 Å². The first-order chi connectivity index (χ1) is 7.02. The Labute approximate surface area is 95.8 Å². The number of thioether (sulfide) groups is 1. The number of hydrogen-bond acceptors (Lipinski definition) is 4. The molecule has 0 saturated heterocycles. The Morgan fingerprint density at radius 1 is 1.60 bits per heavy atom. The van der Waals surface area contributed by atoms with Gasteiger partial charge in [0.05, 0.1) is 5.60 Å². The molecule has 0 spiro atoms. The molecule has 0 aliphatic heterocycles. The molecule has 4 nitrogen and oxygen atoms in total. The van der Waals surface area contributed by atoms with Gasteiger partial charge in [0.15, 0.2) is 0 Å². The van der Waals surface area contributed by atoms with Gasteiger partial charge >= 0.3 is 0 Å². The van der Waals surface area contributed by atoms with Gasteiger partial charge < -0.3 is 15.2 Å². The summed E-state index contributed by atoms with van der Waals surface area (Å²) in [7, 11) is 0. The van der Waals surface area contributed by atoms with E-state index in [9.17, 15) is 9.90 Å². The summed E-state index contributed by atoms with van der Waals surface area (Å²) >= 11 is 1.68. The third-order valence-electron chi connectivity index (χ3n) is 1.95. The lowest BCUT2D eigenvalue weighted by molar-refractivity contribution is -0.126. The summed E-state index contributed by atoms with van der Waals surface area (Å²) in [4.78, 5) is 11.2. The highest BCUT2D eigenvalue weighted by atomic mass is 32.2. The highest BCUT2D eigenvalue weighted by Crippen LogP contribution is 2.11. The molecule has 0 aromatic heterocycles. The summed E-state index contributed by atoms with van der Waals surface area (Å²) in [6.45, 7) is 4.43. The number of hydrogen-bond donors (Lipinski definition) is 2. The van der Waals surface area contributed by atoms with Gasteiger partial charge in [0.1, 0.15) is 6.61 Å². The van der Waals surface area contributed by atoms with Gasteiger partial charge in [-0.1, -0.05) is 0 Å². The average Bonchev–Trinajstić information content (AvgIpc) is 2.21. The lowest BCUT2D eigenvalue weighted by Gasteiger charge is -2.23. The highest BCUT2D eigenvalue weighted by Gasteiger charge is 2.20. The topological polar surface area (TPSA) is 58.6 Å². The third kappa shape index (κ3) is 8.72. The summed E-state index contributed by atoms with van der Waals surface area (Å²) < 4.78 is 4.94. The van der Waals surface area contributed by atoms with Crippen LogP contribution >= 0.6 is 11.8 Å². The molecule has 0 aliphatic carbocycles. The van der Waals surface area contributed by atoms with Crippen LogP contribution in [0.2, 0.25) is 0 Å². The largest absolute Gasteiger partial charge is 0.388 e. The molecule has 0 radical (unpaired) electrons. The fraction of sp³-hybridized carbons (Fsp3) is 0.900. The van der Waals surface area contributed by atoms with E-state index in [0.29, 0.717) is 13.0 Å². The Hall–Kier alpha value is -0.260. The summed E-state index contributed by atoms with van der Waals surface area (Å²) in [5.74, 6) is 0.704. The molecular weight excluding hydrogens is 214 g/mol. The molecule has 0 heterocycles. The van der Waals surface area contributed by atoms with E-state index in [0.717, 1.165) is 5.75 Å². The van der Waals surface area contributed by atoms with Crippen molar-refractivity contribution >= 4 is 17.7 Å². The van der Waals surface area contributed by atoms with Crippen molar-refractivity contribution in [3.05, 3.63) is 0 Å². The van der Waals surface area contributed by atoms with Gasteiger partial charge in [-0.15, -0.1) is 0 Å². The van der Waals surface area contributed by atoms with E-state index >= 15 is 0 Å². The minimum atomic E-state index is -0.828. The van der Waals surface area contributed by atoms with E-state index in [1.807, 2.05) is 13.2 Å². The predicted molar refractivity (Wildman–Crippen MR) is 63.1 cm³/mol. The maximum Gasteiger partial charge on any atom is 0.246 e. The summed E-state index contributed by atoms with van der Waals surface area (Å²) in [5.41, 5.74) is -0.828. The lowest BCUT2D eigenvalue weighted by Crippen LogP contribution is -2.42. The van der Waals surface area contributed by atoms with Crippen LogP contribution in [0.5, 0.6) is 0 Å². The van der Waals surface area contributed by atoms with Gasteiger partial charge in [0.2, 0.25) is 5.91 Å². The monoisotopic (exact) mass is 235 g/mol. The van der Waals surface area contributed by atoms with Gasteiger partial charge in [-0.3, -0.25) is 4.79 Å². The summed E-state index contributed by atoms with van der Waals surface area (Å²) in [6.07, 6.45) is 2.66. The van der Waals surface area contributed by atoms with Crippen LogP contribution < -0.4 is 5.32 Å². The molecule has 0 aromatic carbocycles. The molecule has 0 unspecified atom stereocenters. The normalized spacial score (nSPS) is 14.7. The Morgan fingerprint density at radius 2 is 2.27 bits per heavy atom. The maximum atomic E-state index is 11.2. The lowest BCUT2D eigenvalue weighted by atomic mass is 10.0. The second-order valence-electron chi connectivity index (χ2n) is 3.65. The number of carbonyl (C=O) groups is 1. The molecule has 15 heavy (non-hydrogen) atoms. The van der Waals surface area contributed by atoms with Crippen LogP contribution in [0.1, 0.15) is 20.3 Å². The van der Waals surface area contributed by atoms with Crippen molar-refractivity contribution in [3.63, 3.8) is 0 Å². The van der Waals surface area contributed by atoms with Crippen molar-refractivity contribution in [2.24, 2.45) is 0 Å². The maximum absolute atomic E-state index is 11.2. The van der Waals surface area contributed by atoms with Crippen LogP contribution in [0.3, 0.4) is 0 Å². The zero-order chi connectivity index (χ0) is 11.7. The van der Waals surface area contributed by atoms with Gasteiger partial charge in [-0.05, 0) is 32.3 Å². The van der Waals surface area contributed by atoms with Crippen molar-refractivity contribution < 1.29 is 14.6 Å². The van der Waals surface area contributed by atoms with Gasteiger partial charge in [0.25, 0.3) is 0 Å². The Balaban J connectivity index is 3.67. The Bertz CT molecular complexity index is 186. The summed E-state index contributed by atoms with van der Waals surface area (Å²) in [5, 5.41) is 12.5. The molecule has 0 rings (SSSR count). The van der Waals surface area contributed by atoms with Crippen molar-refractivity contribution in [2.75, 3.05) is 31.8 Å². The first kappa shape index (κ1) is 14.7. The zero-order valence-electron chi connectivity index (χ0n) is 9.71. The number of aliphatic hydroxyl groups is 1. The molecule has 1 amide bonds. The van der Waals surface area contributed by atoms with E-state index in [2.05, 4.69) is 5.32 Å². The predicted octanol–water partition coefficient (Wildman–Crippen LogP) is 0.643. The van der Waals surface area contributed by atoms with Crippen LogP contribution in [0.25, 0.3) is 0 Å². The fourth-order valence-electron chi connectivity index (χ4n) is 0.945. The standard InChI is InChI=1S/C10H21NO3S/c1-4-14-7-9(12)11-8-10(2,13)5-6-15-3/h13H,4-8H2,1-3H3,(H,11,12)/t10-/m1/s1. The average molecular weight is 235 g/mol. The van der Waals surface area contributed by atoms with Crippen molar-refractivity contribution in [2.45, 2.75) is 25.9 Å². The highest BCUT2D eigenvalue weighted by molar-refractivity contribution is 7.98. The van der Waals surface area contributed by atoms with E-state index in [4.69, 9.17) is 4.74 Å². The van der Waals surface area contributed by atoms with Crippen molar-refractivity contribution in [1.29, 1.82) is 0 Å². The number of amides is 1. The number of ether oxygens (including phenoxy) is 1. The first-order valence-corrected chi connectivity index (χ1v) is 6.47. The molecular formula is C10H21NO3S. The van der Waals surface area contributed by atoms with Crippen molar-refractivity contribution in [3.8, 4) is 0 Å². The molecule has 0 saturated carbocycles. The van der Waals surface area contributed by atoms with Crippen LogP contribution in [0.4, 0.5) is 0 Å². The van der Waals surface area contributed by atoms with Crippen LogP contribution in [0, 0.1) is 0 Å². The Kier molecular flexibility index (Phi) is 7.82. The molecule has 0 aromatic rings. The van der Waals surface area contributed by atoms with Crippen LogP contribution in [-0.4, -0.2) is 48.4 Å². The first-order valence-electron chi connectivity index (χ1n) is 5.07. The second kappa shape index (κ2) is 7.96. The molecule has 90 valence electrons. The number of rotatable bonds is 8. The molecule has 1 atom stereocenters. The molecule has 2 N–H and O–H groups in total. The SMILES string of the molecule is CCOCC(=O)NC[C@](C)(O)CCSC. The number of carbonyl (C=O) groups excluding carboxylic acids is 1. The Morgan fingerprint density at radius 3 is 2.80 bits per heavy atom. The number of nitrogens with one attached hydrogen (secondary N) is 1. The zero-order valence-corrected chi connectivity index (χ0v) is 10.5. The van der Waals surface area contributed by atoms with Crippen LogP contribution in [-0.2, 0) is 9.53 Å². The molecule has 5 heteroatoms. The molecule has 0 aliphatic rings. The van der Waals surface area contributed by atoms with E-state index < -0.39 is 5.60 Å². The molecule has 0 fully saturated rings. The fourth-order valence-corrected chi connectivity index (χ4v) is 1.59. The van der Waals surface area contributed by atoms with Crippen molar-refractivity contribution in [1.82, 2.24) is 5.32 Å². The minimum Gasteiger partial charge on any atom is -0.388 e. The second-order valence-corrected chi connectivity index (χ2v) is 4.64.